The third-order valence-electron chi connectivity index (χ3n) is 1.28. The van der Waals surface area contributed by atoms with Crippen LogP contribution in [0.15, 0.2) is 24.4 Å². The van der Waals surface area contributed by atoms with Crippen molar-refractivity contribution in [3.63, 3.8) is 0 Å². The Morgan fingerprint density at radius 3 is 2.18 bits per heavy atom. The van der Waals surface area contributed by atoms with Gasteiger partial charge in [0.15, 0.2) is 0 Å². The fourth-order valence-corrected chi connectivity index (χ4v) is 0.717. The molecule has 0 bridgehead atoms. The summed E-state index contributed by atoms with van der Waals surface area (Å²) in [5.41, 5.74) is 1.16. The van der Waals surface area contributed by atoms with Crippen LogP contribution in [0.2, 0.25) is 0 Å². The van der Waals surface area contributed by atoms with Crippen molar-refractivity contribution in [3.05, 3.63) is 37.5 Å². The maximum atomic E-state index is 4.18. The Morgan fingerprint density at radius 2 is 1.91 bits per heavy atom. The first-order chi connectivity index (χ1) is 4.30. The predicted molar refractivity (Wildman–Crippen MR) is 44.7 cm³/mol. The van der Waals surface area contributed by atoms with E-state index in [1.807, 2.05) is 24.4 Å². The molecule has 1 radical (unpaired) electrons. The SMILES string of the molecule is CC(C)c1ccccn1.[CH3-].[Y]. The van der Waals surface area contributed by atoms with Gasteiger partial charge in [0.25, 0.3) is 0 Å². The monoisotopic (exact) mass is 225 g/mol. The van der Waals surface area contributed by atoms with E-state index in [2.05, 4.69) is 18.8 Å². The van der Waals surface area contributed by atoms with Gasteiger partial charge >= 0.3 is 0 Å². The van der Waals surface area contributed by atoms with Gasteiger partial charge in [0.2, 0.25) is 0 Å². The fraction of sp³-hybridized carbons (Fsp3) is 0.333. The summed E-state index contributed by atoms with van der Waals surface area (Å²) in [7, 11) is 0. The smallest absolute Gasteiger partial charge is 0.0428 e. The summed E-state index contributed by atoms with van der Waals surface area (Å²) >= 11 is 0. The van der Waals surface area contributed by atoms with Gasteiger partial charge in [-0.2, -0.15) is 0 Å². The molecular formula is C9H14NY-. The molecule has 0 spiro atoms. The van der Waals surface area contributed by atoms with Crippen LogP contribution in [-0.2, 0) is 32.7 Å². The number of aromatic nitrogens is 1. The first-order valence-electron chi connectivity index (χ1n) is 3.21. The normalized spacial score (nSPS) is 8.27. The van der Waals surface area contributed by atoms with E-state index in [4.69, 9.17) is 0 Å². The van der Waals surface area contributed by atoms with E-state index >= 15 is 0 Å². The van der Waals surface area contributed by atoms with Crippen LogP contribution in [0.1, 0.15) is 25.5 Å². The molecule has 1 rings (SSSR count). The number of hydrogen-bond acceptors (Lipinski definition) is 1. The van der Waals surface area contributed by atoms with E-state index in [0.29, 0.717) is 5.92 Å². The van der Waals surface area contributed by atoms with E-state index in [-0.39, 0.29) is 40.1 Å². The molecule has 0 saturated carbocycles. The van der Waals surface area contributed by atoms with Gasteiger partial charge in [-0.3, -0.25) is 4.98 Å². The zero-order valence-electron chi connectivity index (χ0n) is 7.41. The van der Waals surface area contributed by atoms with Crippen molar-refractivity contribution in [2.75, 3.05) is 0 Å². The molecule has 0 aliphatic rings. The molecule has 0 aliphatic carbocycles. The quantitative estimate of drug-likeness (QED) is 0.669. The first kappa shape index (κ1) is 13.8. The summed E-state index contributed by atoms with van der Waals surface area (Å²) in [5.74, 6) is 0.547. The summed E-state index contributed by atoms with van der Waals surface area (Å²) in [6.07, 6.45) is 1.83. The van der Waals surface area contributed by atoms with Crippen LogP contribution in [-0.4, -0.2) is 4.98 Å². The van der Waals surface area contributed by atoms with Crippen molar-refractivity contribution in [2.45, 2.75) is 19.8 Å². The largest absolute Gasteiger partial charge is 0.358 e. The Kier molecular flexibility index (Phi) is 8.71. The summed E-state index contributed by atoms with van der Waals surface area (Å²) in [4.78, 5) is 4.18. The van der Waals surface area contributed by atoms with Crippen LogP contribution >= 0.6 is 0 Å². The van der Waals surface area contributed by atoms with Gasteiger partial charge in [0, 0.05) is 44.6 Å². The van der Waals surface area contributed by atoms with Crippen LogP contribution in [0.5, 0.6) is 0 Å². The number of hydrogen-bond donors (Lipinski definition) is 0. The van der Waals surface area contributed by atoms with Gasteiger partial charge in [-0.05, 0) is 18.1 Å². The molecule has 0 fully saturated rings. The molecular weight excluding hydrogens is 211 g/mol. The van der Waals surface area contributed by atoms with Crippen molar-refractivity contribution < 1.29 is 32.7 Å². The Labute approximate surface area is 94.5 Å². The summed E-state index contributed by atoms with van der Waals surface area (Å²) in [6.45, 7) is 4.28. The molecule has 0 saturated heterocycles. The predicted octanol–water partition coefficient (Wildman–Crippen LogP) is 2.65. The van der Waals surface area contributed by atoms with Gasteiger partial charge in [-0.25, -0.2) is 0 Å². The average molecular weight is 225 g/mol. The molecule has 0 amide bonds. The maximum absolute atomic E-state index is 4.18. The molecule has 1 aromatic heterocycles. The van der Waals surface area contributed by atoms with Crippen LogP contribution in [0.4, 0.5) is 0 Å². The molecule has 0 N–H and O–H groups in total. The van der Waals surface area contributed by atoms with Gasteiger partial charge in [-0.15, -0.1) is 0 Å². The van der Waals surface area contributed by atoms with E-state index in [0.717, 1.165) is 5.69 Å². The molecule has 59 valence electrons. The minimum absolute atomic E-state index is 0. The molecule has 0 atom stereocenters. The van der Waals surface area contributed by atoms with Crippen LogP contribution < -0.4 is 0 Å². The number of pyridine rings is 1. The van der Waals surface area contributed by atoms with Crippen molar-refractivity contribution in [1.29, 1.82) is 0 Å². The van der Waals surface area contributed by atoms with Gasteiger partial charge in [0.05, 0.1) is 0 Å². The zero-order chi connectivity index (χ0) is 6.69. The molecule has 0 aromatic carbocycles. The average Bonchev–Trinajstić information content (AvgIpc) is 1.90. The second-order valence-electron chi connectivity index (χ2n) is 2.41. The minimum atomic E-state index is 0. The van der Waals surface area contributed by atoms with Gasteiger partial charge in [0.1, 0.15) is 0 Å². The topological polar surface area (TPSA) is 12.9 Å². The Hall–Kier alpha value is 0.254. The van der Waals surface area contributed by atoms with Crippen molar-refractivity contribution >= 4 is 0 Å². The molecule has 2 heteroatoms. The molecule has 1 aromatic rings. The minimum Gasteiger partial charge on any atom is -0.358 e. The van der Waals surface area contributed by atoms with E-state index in [1.165, 1.54) is 0 Å². The Bertz CT molecular complexity index is 172. The van der Waals surface area contributed by atoms with Crippen LogP contribution in [0, 0.1) is 7.43 Å². The van der Waals surface area contributed by atoms with Crippen molar-refractivity contribution in [3.8, 4) is 0 Å². The third-order valence-corrected chi connectivity index (χ3v) is 1.28. The standard InChI is InChI=1S/C8H11N.CH3.Y/c1-7(2)8-5-3-4-6-9-8;;/h3-7H,1-2H3;1H3;/q;-1;. The van der Waals surface area contributed by atoms with Gasteiger partial charge in [-0.1, -0.05) is 19.9 Å². The summed E-state index contributed by atoms with van der Waals surface area (Å²) < 4.78 is 0. The second kappa shape index (κ2) is 6.93. The summed E-state index contributed by atoms with van der Waals surface area (Å²) in [6, 6.07) is 6.00. The molecule has 11 heavy (non-hydrogen) atoms. The number of rotatable bonds is 1. The van der Waals surface area contributed by atoms with E-state index in [1.54, 1.807) is 0 Å². The Morgan fingerprint density at radius 1 is 1.27 bits per heavy atom. The van der Waals surface area contributed by atoms with Crippen molar-refractivity contribution in [1.82, 2.24) is 4.98 Å². The number of nitrogens with zero attached hydrogens (tertiary/aromatic N) is 1. The van der Waals surface area contributed by atoms with E-state index in [9.17, 15) is 0 Å². The maximum Gasteiger partial charge on any atom is 0.0428 e. The molecule has 0 unspecified atom stereocenters. The molecule has 1 heterocycles. The van der Waals surface area contributed by atoms with E-state index < -0.39 is 0 Å². The molecule has 1 nitrogen and oxygen atoms in total. The first-order valence-corrected chi connectivity index (χ1v) is 3.21. The molecule has 0 aliphatic heterocycles. The fourth-order valence-electron chi connectivity index (χ4n) is 0.717. The zero-order valence-corrected chi connectivity index (χ0v) is 10.2. The Balaban J connectivity index is 0. The van der Waals surface area contributed by atoms with Crippen molar-refractivity contribution in [2.24, 2.45) is 0 Å². The van der Waals surface area contributed by atoms with Crippen LogP contribution in [0.25, 0.3) is 0 Å². The second-order valence-corrected chi connectivity index (χ2v) is 2.41. The third kappa shape index (κ3) is 4.65. The van der Waals surface area contributed by atoms with Gasteiger partial charge < -0.3 is 7.43 Å². The van der Waals surface area contributed by atoms with Crippen LogP contribution in [0.3, 0.4) is 0 Å². The summed E-state index contributed by atoms with van der Waals surface area (Å²) in [5, 5.41) is 0.